The van der Waals surface area contributed by atoms with Gasteiger partial charge in [0.2, 0.25) is 5.95 Å². The van der Waals surface area contributed by atoms with Crippen LogP contribution in [0.15, 0.2) is 4.42 Å². The highest BCUT2D eigenvalue weighted by Crippen LogP contribution is 2.40. The number of hydrogen-bond acceptors (Lipinski definition) is 6. The van der Waals surface area contributed by atoms with Crippen LogP contribution in [-0.4, -0.2) is 48.1 Å². The van der Waals surface area contributed by atoms with Gasteiger partial charge >= 0.3 is 0 Å². The van der Waals surface area contributed by atoms with Crippen molar-refractivity contribution in [2.75, 3.05) is 43.9 Å². The number of rotatable bonds is 1. The molecule has 0 bridgehead atoms. The minimum Gasteiger partial charge on any atom is -0.455 e. The van der Waals surface area contributed by atoms with Crippen LogP contribution in [0, 0.1) is 17.8 Å². The third-order valence-electron chi connectivity index (χ3n) is 6.10. The minimum atomic E-state index is 0.369. The van der Waals surface area contributed by atoms with E-state index in [4.69, 9.17) is 10.2 Å². The Balaban J connectivity index is 1.57. The van der Waals surface area contributed by atoms with Crippen molar-refractivity contribution in [1.82, 2.24) is 14.9 Å². The van der Waals surface area contributed by atoms with Crippen LogP contribution in [0.5, 0.6) is 0 Å². The van der Waals surface area contributed by atoms with E-state index in [-0.39, 0.29) is 0 Å². The molecule has 6 nitrogen and oxygen atoms in total. The van der Waals surface area contributed by atoms with Gasteiger partial charge in [-0.05, 0) is 37.6 Å². The molecule has 1 aliphatic carbocycles. The highest BCUT2D eigenvalue weighted by Gasteiger charge is 2.40. The van der Waals surface area contributed by atoms with Crippen molar-refractivity contribution in [3.05, 3.63) is 11.3 Å². The first-order valence-electron chi connectivity index (χ1n) is 9.09. The topological polar surface area (TPSA) is 71.4 Å². The second-order valence-corrected chi connectivity index (χ2v) is 8.08. The summed E-state index contributed by atoms with van der Waals surface area (Å²) in [5.41, 5.74) is 9.13. The molecule has 2 fully saturated rings. The number of hydrogen-bond donors (Lipinski definition) is 1. The maximum Gasteiger partial charge on any atom is 0.222 e. The molecular weight excluding hydrogens is 302 g/mol. The van der Waals surface area contributed by atoms with Crippen LogP contribution in [-0.2, 0) is 12.8 Å². The average Bonchev–Trinajstić information content (AvgIpc) is 3.17. The van der Waals surface area contributed by atoms with Gasteiger partial charge in [0.1, 0.15) is 11.3 Å². The summed E-state index contributed by atoms with van der Waals surface area (Å²) in [4.78, 5) is 13.9. The molecule has 5 rings (SSSR count). The number of nitrogens with zero attached hydrogens (tertiary/aromatic N) is 4. The number of nitrogens with two attached hydrogens (primary N) is 1. The van der Waals surface area contributed by atoms with E-state index >= 15 is 0 Å². The van der Waals surface area contributed by atoms with Crippen molar-refractivity contribution in [3.8, 4) is 0 Å². The van der Waals surface area contributed by atoms with E-state index in [1.807, 2.05) is 0 Å². The summed E-state index contributed by atoms with van der Waals surface area (Å²) in [6, 6.07) is 0. The molecule has 2 aliphatic heterocycles. The number of nitrogen functional groups attached to an aromatic ring is 1. The number of furan rings is 1. The van der Waals surface area contributed by atoms with Gasteiger partial charge in [0, 0.05) is 38.2 Å². The monoisotopic (exact) mass is 327 g/mol. The van der Waals surface area contributed by atoms with Gasteiger partial charge < -0.3 is 20.0 Å². The molecule has 1 unspecified atom stereocenters. The van der Waals surface area contributed by atoms with Gasteiger partial charge in [-0.15, -0.1) is 0 Å². The number of likely N-dealkylation sites (tertiary alicyclic amines) is 1. The van der Waals surface area contributed by atoms with Gasteiger partial charge in [-0.2, -0.15) is 4.98 Å². The molecule has 0 spiro atoms. The maximum absolute atomic E-state index is 6.25. The molecule has 0 amide bonds. The summed E-state index contributed by atoms with van der Waals surface area (Å²) >= 11 is 0. The molecule has 0 aromatic carbocycles. The van der Waals surface area contributed by atoms with Gasteiger partial charge in [0.15, 0.2) is 11.4 Å². The number of aryl methyl sites for hydroxylation is 1. The summed E-state index contributed by atoms with van der Waals surface area (Å²) in [7, 11) is 2.21. The molecule has 24 heavy (non-hydrogen) atoms. The fourth-order valence-electron chi connectivity index (χ4n) is 4.93. The van der Waals surface area contributed by atoms with E-state index < -0.39 is 0 Å². The Bertz CT molecular complexity index is 786. The zero-order valence-corrected chi connectivity index (χ0v) is 14.5. The second-order valence-electron chi connectivity index (χ2n) is 8.08. The van der Waals surface area contributed by atoms with E-state index in [9.17, 15) is 0 Å². The number of anilines is 2. The Kier molecular flexibility index (Phi) is 3.08. The number of aromatic nitrogens is 2. The van der Waals surface area contributed by atoms with Crippen molar-refractivity contribution in [1.29, 1.82) is 0 Å². The van der Waals surface area contributed by atoms with Crippen LogP contribution < -0.4 is 10.6 Å². The van der Waals surface area contributed by atoms with Crippen molar-refractivity contribution in [3.63, 3.8) is 0 Å². The van der Waals surface area contributed by atoms with E-state index in [2.05, 4.69) is 33.7 Å². The summed E-state index contributed by atoms with van der Waals surface area (Å²) in [6.45, 7) is 6.74. The molecule has 4 heterocycles. The van der Waals surface area contributed by atoms with Crippen LogP contribution >= 0.6 is 0 Å². The first kappa shape index (κ1) is 14.5. The van der Waals surface area contributed by atoms with Gasteiger partial charge in [0.05, 0.1) is 0 Å². The third-order valence-corrected chi connectivity index (χ3v) is 6.10. The lowest BCUT2D eigenvalue weighted by molar-refractivity contribution is 0.386. The van der Waals surface area contributed by atoms with E-state index in [1.54, 1.807) is 0 Å². The zero-order chi connectivity index (χ0) is 16.4. The van der Waals surface area contributed by atoms with Gasteiger partial charge in [0.25, 0.3) is 0 Å². The summed E-state index contributed by atoms with van der Waals surface area (Å²) in [5, 5.41) is 0. The van der Waals surface area contributed by atoms with E-state index in [0.29, 0.717) is 11.9 Å². The highest BCUT2D eigenvalue weighted by molar-refractivity contribution is 5.89. The molecule has 2 aromatic rings. The minimum absolute atomic E-state index is 0.369. The van der Waals surface area contributed by atoms with Gasteiger partial charge in [-0.25, -0.2) is 4.98 Å². The van der Waals surface area contributed by atoms with Crippen molar-refractivity contribution in [2.45, 2.75) is 26.2 Å². The lowest BCUT2D eigenvalue weighted by atomic mass is 9.89. The number of fused-ring (bicyclic) bond motifs is 4. The molecule has 2 saturated heterocycles. The standard InChI is InChI=1S/C18H25N5O/c1-10-3-4-14-13(5-10)15-16(24-14)17(21-18(19)20-15)23-8-11-6-22(2)7-12(11)9-23/h10-12H,3-9H2,1-2H3,(H2,19,20,21)/t10?,11-,12+. The average molecular weight is 327 g/mol. The van der Waals surface area contributed by atoms with Gasteiger partial charge in [-0.1, -0.05) is 6.92 Å². The fourth-order valence-corrected chi connectivity index (χ4v) is 4.93. The maximum atomic E-state index is 6.25. The first-order chi connectivity index (χ1) is 11.6. The van der Waals surface area contributed by atoms with Crippen molar-refractivity contribution >= 4 is 22.9 Å². The normalized spacial score (nSPS) is 30.1. The largest absolute Gasteiger partial charge is 0.455 e. The first-order valence-corrected chi connectivity index (χ1v) is 9.09. The molecule has 3 atom stereocenters. The Morgan fingerprint density at radius 3 is 2.62 bits per heavy atom. The van der Waals surface area contributed by atoms with Crippen molar-refractivity contribution in [2.24, 2.45) is 17.8 Å². The Morgan fingerprint density at radius 1 is 1.12 bits per heavy atom. The summed E-state index contributed by atoms with van der Waals surface area (Å²) < 4.78 is 6.25. The molecule has 0 radical (unpaired) electrons. The van der Waals surface area contributed by atoms with E-state index in [1.165, 1.54) is 25.1 Å². The molecule has 3 aliphatic rings. The predicted molar refractivity (Wildman–Crippen MR) is 94.1 cm³/mol. The predicted octanol–water partition coefficient (Wildman–Crippen LogP) is 1.93. The Morgan fingerprint density at radius 2 is 1.88 bits per heavy atom. The van der Waals surface area contributed by atoms with Crippen LogP contribution in [0.4, 0.5) is 11.8 Å². The quantitative estimate of drug-likeness (QED) is 0.863. The van der Waals surface area contributed by atoms with Crippen LogP contribution in [0.25, 0.3) is 11.1 Å². The zero-order valence-electron chi connectivity index (χ0n) is 14.5. The van der Waals surface area contributed by atoms with Gasteiger partial charge in [-0.3, -0.25) is 0 Å². The highest BCUT2D eigenvalue weighted by atomic mass is 16.3. The lowest BCUT2D eigenvalue weighted by Crippen LogP contribution is -2.27. The molecule has 0 saturated carbocycles. The van der Waals surface area contributed by atoms with Crippen molar-refractivity contribution < 1.29 is 4.42 Å². The Labute approximate surface area is 142 Å². The molecule has 128 valence electrons. The lowest BCUT2D eigenvalue weighted by Gasteiger charge is -2.20. The summed E-state index contributed by atoms with van der Waals surface area (Å²) in [5.74, 6) is 4.52. The Hall–Kier alpha value is -1.82. The van der Waals surface area contributed by atoms with Crippen LogP contribution in [0.3, 0.4) is 0 Å². The smallest absolute Gasteiger partial charge is 0.222 e. The van der Waals surface area contributed by atoms with E-state index in [0.717, 1.165) is 60.4 Å². The molecule has 2 aromatic heterocycles. The summed E-state index contributed by atoms with van der Waals surface area (Å²) in [6.07, 6.45) is 3.22. The van der Waals surface area contributed by atoms with Crippen LogP contribution in [0.1, 0.15) is 24.7 Å². The SMILES string of the molecule is CC1CCc2oc3c(N4C[C@H]5CN(C)C[C@H]5C4)nc(N)nc3c2C1. The fraction of sp³-hybridized carbons (Fsp3) is 0.667. The molecule has 2 N–H and O–H groups in total. The van der Waals surface area contributed by atoms with Crippen LogP contribution in [0.2, 0.25) is 0 Å². The third kappa shape index (κ3) is 2.12. The molecular formula is C18H25N5O. The molecule has 6 heteroatoms. The second kappa shape index (κ2) is 5.09.